The zero-order chi connectivity index (χ0) is 14.6. The molecule has 114 valence electrons. The summed E-state index contributed by atoms with van der Waals surface area (Å²) < 4.78 is 11.0. The van der Waals surface area contributed by atoms with Gasteiger partial charge in [0.25, 0.3) is 0 Å². The number of ether oxygens (including phenoxy) is 2. The van der Waals surface area contributed by atoms with E-state index in [2.05, 4.69) is 38.2 Å². The highest BCUT2D eigenvalue weighted by atomic mass is 32.1. The van der Waals surface area contributed by atoms with Gasteiger partial charge >= 0.3 is 0 Å². The number of rotatable bonds is 6. The van der Waals surface area contributed by atoms with Crippen molar-refractivity contribution >= 4 is 11.3 Å². The van der Waals surface area contributed by atoms with Crippen LogP contribution in [0.1, 0.15) is 43.1 Å². The standard InChI is InChI=1S/C16H27NO2S/c1-16(2,3)14-6-5-13(20-14)15-12(7-9-19-15)11-17-8-10-18-4/h5-6,12,15,17H,7-11H2,1-4H3. The van der Waals surface area contributed by atoms with Gasteiger partial charge in [0.15, 0.2) is 0 Å². The second-order valence-corrected chi connectivity index (χ2v) is 7.60. The van der Waals surface area contributed by atoms with E-state index in [9.17, 15) is 0 Å². The van der Waals surface area contributed by atoms with Crippen LogP contribution in [0.15, 0.2) is 12.1 Å². The molecule has 1 fully saturated rings. The predicted molar refractivity (Wildman–Crippen MR) is 84.6 cm³/mol. The smallest absolute Gasteiger partial charge is 0.0957 e. The van der Waals surface area contributed by atoms with Crippen molar-refractivity contribution in [3.05, 3.63) is 21.9 Å². The van der Waals surface area contributed by atoms with Crippen LogP contribution in [0, 0.1) is 5.92 Å². The Kier molecular flexibility index (Phi) is 5.61. The molecule has 0 radical (unpaired) electrons. The van der Waals surface area contributed by atoms with Crippen LogP contribution in [-0.2, 0) is 14.9 Å². The topological polar surface area (TPSA) is 30.5 Å². The van der Waals surface area contributed by atoms with Gasteiger partial charge in [-0.1, -0.05) is 20.8 Å². The van der Waals surface area contributed by atoms with Crippen LogP contribution >= 0.6 is 11.3 Å². The van der Waals surface area contributed by atoms with E-state index in [0.717, 1.165) is 32.7 Å². The first-order valence-corrected chi connectivity index (χ1v) is 8.25. The molecule has 1 aromatic rings. The van der Waals surface area contributed by atoms with Crippen molar-refractivity contribution < 1.29 is 9.47 Å². The van der Waals surface area contributed by atoms with Gasteiger partial charge < -0.3 is 14.8 Å². The third kappa shape index (κ3) is 4.04. The van der Waals surface area contributed by atoms with Gasteiger partial charge in [0.05, 0.1) is 12.7 Å². The minimum absolute atomic E-state index is 0.230. The van der Waals surface area contributed by atoms with E-state index >= 15 is 0 Å². The van der Waals surface area contributed by atoms with Crippen molar-refractivity contribution in [3.8, 4) is 0 Å². The SMILES string of the molecule is COCCNCC1CCOC1c1ccc(C(C)(C)C)s1. The van der Waals surface area contributed by atoms with Crippen LogP contribution < -0.4 is 5.32 Å². The average molecular weight is 297 g/mol. The summed E-state index contributed by atoms with van der Waals surface area (Å²) in [5.74, 6) is 0.582. The van der Waals surface area contributed by atoms with Crippen LogP contribution in [0.3, 0.4) is 0 Å². The molecule has 2 heterocycles. The third-order valence-corrected chi connectivity index (χ3v) is 5.32. The van der Waals surface area contributed by atoms with E-state index in [4.69, 9.17) is 9.47 Å². The summed E-state index contributed by atoms with van der Waals surface area (Å²) in [6.07, 6.45) is 1.42. The maximum atomic E-state index is 5.97. The highest BCUT2D eigenvalue weighted by Crippen LogP contribution is 2.40. The molecule has 2 atom stereocenters. The van der Waals surface area contributed by atoms with Crippen molar-refractivity contribution in [1.82, 2.24) is 5.32 Å². The largest absolute Gasteiger partial charge is 0.383 e. The molecule has 4 heteroatoms. The van der Waals surface area contributed by atoms with Crippen molar-refractivity contribution in [1.29, 1.82) is 0 Å². The van der Waals surface area contributed by atoms with E-state index in [1.807, 2.05) is 11.3 Å². The number of hydrogen-bond donors (Lipinski definition) is 1. The third-order valence-electron chi connectivity index (χ3n) is 3.75. The molecule has 0 spiro atoms. The van der Waals surface area contributed by atoms with Gasteiger partial charge in [-0.2, -0.15) is 0 Å². The van der Waals surface area contributed by atoms with Gasteiger partial charge in [-0.25, -0.2) is 0 Å². The predicted octanol–water partition coefficient (Wildman–Crippen LogP) is 3.36. The van der Waals surface area contributed by atoms with E-state index in [0.29, 0.717) is 5.92 Å². The molecule has 1 aromatic heterocycles. The second-order valence-electron chi connectivity index (χ2n) is 6.49. The molecule has 2 unspecified atom stereocenters. The second kappa shape index (κ2) is 7.03. The Morgan fingerprint density at radius 3 is 2.85 bits per heavy atom. The quantitative estimate of drug-likeness (QED) is 0.817. The highest BCUT2D eigenvalue weighted by Gasteiger charge is 2.31. The first-order valence-electron chi connectivity index (χ1n) is 7.44. The molecule has 0 bridgehead atoms. The lowest BCUT2D eigenvalue weighted by Crippen LogP contribution is -2.27. The Balaban J connectivity index is 1.94. The van der Waals surface area contributed by atoms with Gasteiger partial charge in [-0.3, -0.25) is 0 Å². The molecular formula is C16H27NO2S. The van der Waals surface area contributed by atoms with E-state index in [1.54, 1.807) is 7.11 Å². The lowest BCUT2D eigenvalue weighted by molar-refractivity contribution is 0.0926. The first-order chi connectivity index (χ1) is 9.52. The molecule has 0 saturated carbocycles. The summed E-state index contributed by atoms with van der Waals surface area (Å²) >= 11 is 1.91. The van der Waals surface area contributed by atoms with Crippen LogP contribution in [-0.4, -0.2) is 33.4 Å². The molecule has 1 aliphatic heterocycles. The van der Waals surface area contributed by atoms with E-state index in [-0.39, 0.29) is 11.5 Å². The van der Waals surface area contributed by atoms with E-state index in [1.165, 1.54) is 9.75 Å². The minimum Gasteiger partial charge on any atom is -0.383 e. The van der Waals surface area contributed by atoms with Gasteiger partial charge in [-0.05, 0) is 24.0 Å². The number of hydrogen-bond acceptors (Lipinski definition) is 4. The summed E-state index contributed by atoms with van der Waals surface area (Å²) in [5.41, 5.74) is 0.230. The molecule has 3 nitrogen and oxygen atoms in total. The Labute approximate surface area is 126 Å². The fourth-order valence-corrected chi connectivity index (χ4v) is 3.74. The molecule has 0 aromatic carbocycles. The van der Waals surface area contributed by atoms with Gasteiger partial charge in [0, 0.05) is 42.5 Å². The molecule has 0 amide bonds. The monoisotopic (exact) mass is 297 g/mol. The Bertz CT molecular complexity index is 411. The van der Waals surface area contributed by atoms with Crippen molar-refractivity contribution in [2.24, 2.45) is 5.92 Å². The van der Waals surface area contributed by atoms with Crippen molar-refractivity contribution in [2.75, 3.05) is 33.4 Å². The highest BCUT2D eigenvalue weighted by molar-refractivity contribution is 7.12. The van der Waals surface area contributed by atoms with Crippen molar-refractivity contribution in [2.45, 2.75) is 38.7 Å². The Hall–Kier alpha value is -0.420. The molecule has 2 rings (SSSR count). The maximum absolute atomic E-state index is 5.97. The zero-order valence-corrected chi connectivity index (χ0v) is 13.9. The molecular weight excluding hydrogens is 270 g/mol. The fourth-order valence-electron chi connectivity index (χ4n) is 2.53. The summed E-state index contributed by atoms with van der Waals surface area (Å²) in [6, 6.07) is 4.51. The van der Waals surface area contributed by atoms with Gasteiger partial charge in [0.1, 0.15) is 0 Å². The molecule has 0 aliphatic carbocycles. The van der Waals surface area contributed by atoms with Crippen LogP contribution in [0.2, 0.25) is 0 Å². The fraction of sp³-hybridized carbons (Fsp3) is 0.750. The summed E-state index contributed by atoms with van der Waals surface area (Å²) in [5, 5.41) is 3.46. The molecule has 1 aliphatic rings. The molecule has 1 N–H and O–H groups in total. The lowest BCUT2D eigenvalue weighted by atomic mass is 9.95. The normalized spacial score (nSPS) is 23.4. The minimum atomic E-state index is 0.230. The summed E-state index contributed by atoms with van der Waals surface area (Å²) in [7, 11) is 1.74. The van der Waals surface area contributed by atoms with Crippen LogP contribution in [0.25, 0.3) is 0 Å². The van der Waals surface area contributed by atoms with Crippen LogP contribution in [0.4, 0.5) is 0 Å². The average Bonchev–Trinajstić information content (AvgIpc) is 3.02. The first kappa shape index (κ1) is 16.0. The van der Waals surface area contributed by atoms with Crippen molar-refractivity contribution in [3.63, 3.8) is 0 Å². The van der Waals surface area contributed by atoms with Gasteiger partial charge in [-0.15, -0.1) is 11.3 Å². The Morgan fingerprint density at radius 1 is 1.40 bits per heavy atom. The summed E-state index contributed by atoms with van der Waals surface area (Å²) in [6.45, 7) is 10.4. The summed E-state index contributed by atoms with van der Waals surface area (Å²) in [4.78, 5) is 2.82. The maximum Gasteiger partial charge on any atom is 0.0957 e. The van der Waals surface area contributed by atoms with Crippen LogP contribution in [0.5, 0.6) is 0 Å². The number of thiophene rings is 1. The lowest BCUT2D eigenvalue weighted by Gasteiger charge is -2.19. The Morgan fingerprint density at radius 2 is 2.20 bits per heavy atom. The number of methoxy groups -OCH3 is 1. The molecule has 1 saturated heterocycles. The number of nitrogens with one attached hydrogen (secondary N) is 1. The van der Waals surface area contributed by atoms with Gasteiger partial charge in [0.2, 0.25) is 0 Å². The molecule has 20 heavy (non-hydrogen) atoms. The zero-order valence-electron chi connectivity index (χ0n) is 13.1. The van der Waals surface area contributed by atoms with E-state index < -0.39 is 0 Å².